The fourth-order valence-corrected chi connectivity index (χ4v) is 15.0. The van der Waals surface area contributed by atoms with Gasteiger partial charge in [-0.05, 0) is 0 Å². The molecular formula is C13H13O2S8Se+. The summed E-state index contributed by atoms with van der Waals surface area (Å²) < 4.78 is 28.6. The fourth-order valence-electron chi connectivity index (χ4n) is 1.72. The van der Waals surface area contributed by atoms with Crippen LogP contribution < -0.4 is 0 Å². The van der Waals surface area contributed by atoms with Gasteiger partial charge in [-0.2, -0.15) is 0 Å². The molecule has 3 rings (SSSR count). The Morgan fingerprint density at radius 2 is 1.71 bits per heavy atom. The molecule has 2 aliphatic rings. The second kappa shape index (κ2) is 9.73. The van der Waals surface area contributed by atoms with Crippen molar-refractivity contribution in [2.75, 3.05) is 11.5 Å². The van der Waals surface area contributed by atoms with Crippen LogP contribution in [-0.2, 0) is 3.83 Å². The van der Waals surface area contributed by atoms with Crippen molar-refractivity contribution in [3.05, 3.63) is 35.7 Å². The van der Waals surface area contributed by atoms with Gasteiger partial charge in [-0.1, -0.05) is 0 Å². The number of thioether (sulfide) groups is 6. The molecule has 24 heavy (non-hydrogen) atoms. The van der Waals surface area contributed by atoms with Crippen LogP contribution in [0.3, 0.4) is 0 Å². The van der Waals surface area contributed by atoms with Crippen LogP contribution >= 0.6 is 93.2 Å². The van der Waals surface area contributed by atoms with E-state index in [4.69, 9.17) is 0 Å². The van der Waals surface area contributed by atoms with E-state index in [9.17, 15) is 8.02 Å². The molecule has 0 bridgehead atoms. The molecule has 0 fully saturated rings. The van der Waals surface area contributed by atoms with Gasteiger partial charge < -0.3 is 0 Å². The summed E-state index contributed by atoms with van der Waals surface area (Å²) in [5.41, 5.74) is 0. The summed E-state index contributed by atoms with van der Waals surface area (Å²) >= 11 is 11.0. The Kier molecular flexibility index (Phi) is 8.26. The molecule has 0 amide bonds. The van der Waals surface area contributed by atoms with Crippen molar-refractivity contribution in [1.29, 1.82) is 0 Å². The topological polar surface area (TPSA) is 37.3 Å². The van der Waals surface area contributed by atoms with Gasteiger partial charge in [-0.15, -0.1) is 0 Å². The molecule has 0 aliphatic carbocycles. The number of hydrogen-bond donors (Lipinski definition) is 1. The summed E-state index contributed by atoms with van der Waals surface area (Å²) in [4.78, 5) is 0.993. The summed E-state index contributed by atoms with van der Waals surface area (Å²) in [6, 6.07) is 0. The first kappa shape index (κ1) is 20.4. The fraction of sp³-hybridized carbons (Fsp3) is 0.308. The number of hydrogen-bond acceptors (Lipinski definition) is 8. The minimum absolute atomic E-state index is 0.670. The molecule has 130 valence electrons. The summed E-state index contributed by atoms with van der Waals surface area (Å²) in [5.74, 6) is 2.13. The van der Waals surface area contributed by atoms with Gasteiger partial charge in [0.25, 0.3) is 0 Å². The van der Waals surface area contributed by atoms with E-state index in [2.05, 4.69) is 13.8 Å². The molecule has 3 heterocycles. The molecule has 0 saturated heterocycles. The molecule has 1 N–H and O–H groups in total. The van der Waals surface area contributed by atoms with E-state index >= 15 is 0 Å². The molecule has 0 aromatic carbocycles. The van der Waals surface area contributed by atoms with E-state index in [1.807, 2.05) is 57.8 Å². The average Bonchev–Trinajstić information content (AvgIpc) is 3.26. The zero-order chi connectivity index (χ0) is 17.1. The van der Waals surface area contributed by atoms with Crippen molar-refractivity contribution in [3.8, 4) is 0 Å². The van der Waals surface area contributed by atoms with Crippen molar-refractivity contribution in [3.63, 3.8) is 0 Å². The molecule has 2 nitrogen and oxygen atoms in total. The molecule has 1 atom stereocenters. The summed E-state index contributed by atoms with van der Waals surface area (Å²) in [6.07, 6.45) is 0. The normalized spacial score (nSPS) is 19.8. The third kappa shape index (κ3) is 4.73. The maximum atomic E-state index is 11.9. The molecule has 11 heteroatoms. The Balaban J connectivity index is 1.85. The molecule has 0 radical (unpaired) electrons. The zero-order valence-corrected chi connectivity index (χ0v) is 20.8. The molecule has 1 aromatic rings. The maximum absolute atomic E-state index is 11.9. The SMILES string of the molecule is CCSC1=C(SCC)SC(=C2SC(c3scc[s+]3)=C([Se](=O)O)S2)S1. The standard InChI is InChI=1S/C13H12O2S8Se/c1-3-16-9-10(17-4-2)22-12(21-9)11-20-7(8-18-5-6-19-8)13(23-11)24(14)15/h5-6H,3-4H2,1-2H3/p+1. The monoisotopic (exact) mass is 537 g/mol. The van der Waals surface area contributed by atoms with Crippen LogP contribution in [0.15, 0.2) is 31.5 Å². The predicted octanol–water partition coefficient (Wildman–Crippen LogP) is 6.93. The van der Waals surface area contributed by atoms with E-state index in [-0.39, 0.29) is 0 Å². The van der Waals surface area contributed by atoms with Gasteiger partial charge in [0.2, 0.25) is 0 Å². The van der Waals surface area contributed by atoms with E-state index in [1.54, 1.807) is 34.4 Å². The van der Waals surface area contributed by atoms with Gasteiger partial charge in [-0.3, -0.25) is 0 Å². The molecule has 1 aromatic heterocycles. The van der Waals surface area contributed by atoms with E-state index < -0.39 is 14.2 Å². The quantitative estimate of drug-likeness (QED) is 0.310. The third-order valence-corrected chi connectivity index (χ3v) is 15.8. The van der Waals surface area contributed by atoms with Crippen molar-refractivity contribution in [2.45, 2.75) is 13.8 Å². The number of rotatable bonds is 6. The molecule has 1 unspecified atom stereocenters. The summed E-state index contributed by atoms with van der Waals surface area (Å²) in [5, 5.41) is 4.07. The Morgan fingerprint density at radius 3 is 2.21 bits per heavy atom. The van der Waals surface area contributed by atoms with E-state index in [1.165, 1.54) is 24.5 Å². The molecule has 0 saturated carbocycles. The van der Waals surface area contributed by atoms with Crippen LogP contribution in [0.4, 0.5) is 0 Å². The summed E-state index contributed by atoms with van der Waals surface area (Å²) in [6.45, 7) is 4.35. The Morgan fingerprint density at radius 1 is 1.08 bits per heavy atom. The van der Waals surface area contributed by atoms with Crippen molar-refractivity contribution in [2.24, 2.45) is 0 Å². The van der Waals surface area contributed by atoms with Gasteiger partial charge >= 0.3 is 181 Å². The predicted molar refractivity (Wildman–Crippen MR) is 123 cm³/mol. The van der Waals surface area contributed by atoms with Gasteiger partial charge in [0.15, 0.2) is 0 Å². The zero-order valence-electron chi connectivity index (χ0n) is 12.6. The van der Waals surface area contributed by atoms with Crippen LogP contribution in [-0.4, -0.2) is 29.9 Å². The van der Waals surface area contributed by atoms with Crippen molar-refractivity contribution < 1.29 is 8.02 Å². The average molecular weight is 537 g/mol. The van der Waals surface area contributed by atoms with Crippen LogP contribution in [0.2, 0.25) is 0 Å². The van der Waals surface area contributed by atoms with Gasteiger partial charge in [0, 0.05) is 0 Å². The first-order chi connectivity index (χ1) is 11.6. The molecular weight excluding hydrogens is 524 g/mol. The van der Waals surface area contributed by atoms with Gasteiger partial charge in [0.1, 0.15) is 0 Å². The van der Waals surface area contributed by atoms with Gasteiger partial charge in [-0.25, -0.2) is 0 Å². The first-order valence-corrected chi connectivity index (χ1v) is 16.1. The molecule has 0 spiro atoms. The third-order valence-electron chi connectivity index (χ3n) is 2.57. The van der Waals surface area contributed by atoms with E-state index in [0.29, 0.717) is 3.80 Å². The second-order valence-corrected chi connectivity index (χ2v) is 16.3. The second-order valence-electron chi connectivity index (χ2n) is 4.09. The van der Waals surface area contributed by atoms with E-state index in [0.717, 1.165) is 24.8 Å². The molecule has 2 aliphatic heterocycles. The minimum atomic E-state index is -2.92. The Labute approximate surface area is 179 Å². The summed E-state index contributed by atoms with van der Waals surface area (Å²) in [7, 11) is 0. The van der Waals surface area contributed by atoms with Crippen molar-refractivity contribution >= 4 is 112 Å². The van der Waals surface area contributed by atoms with Crippen LogP contribution in [0.25, 0.3) is 4.91 Å². The Hall–Kier alpha value is 1.65. The first-order valence-electron chi connectivity index (χ1n) is 6.80. The van der Waals surface area contributed by atoms with Crippen LogP contribution in [0.1, 0.15) is 18.0 Å². The van der Waals surface area contributed by atoms with Crippen molar-refractivity contribution in [1.82, 2.24) is 0 Å². The van der Waals surface area contributed by atoms with Gasteiger partial charge in [0.05, 0.1) is 0 Å². The van der Waals surface area contributed by atoms with Crippen LogP contribution in [0.5, 0.6) is 0 Å². The Bertz CT molecular complexity index is 717. The van der Waals surface area contributed by atoms with Crippen LogP contribution in [0, 0.1) is 0 Å².